The maximum Gasteiger partial charge on any atom is 0.259 e. The van der Waals surface area contributed by atoms with Crippen LogP contribution in [0.4, 0.5) is 15.8 Å². The van der Waals surface area contributed by atoms with Crippen LogP contribution < -0.4 is 22.1 Å². The number of aliphatic hydroxyl groups excluding tert-OH is 1. The number of nitrogen functional groups attached to an aromatic ring is 1. The van der Waals surface area contributed by atoms with Crippen LogP contribution in [0.3, 0.4) is 0 Å². The Labute approximate surface area is 210 Å². The van der Waals surface area contributed by atoms with Crippen LogP contribution in [0.2, 0.25) is 0 Å². The first-order valence-corrected chi connectivity index (χ1v) is 12.5. The van der Waals surface area contributed by atoms with E-state index in [1.54, 1.807) is 24.5 Å². The predicted octanol–water partition coefficient (Wildman–Crippen LogP) is 3.61. The van der Waals surface area contributed by atoms with Gasteiger partial charge in [-0.25, -0.2) is 9.38 Å². The normalized spacial score (nSPS) is 13.9. The van der Waals surface area contributed by atoms with Gasteiger partial charge in [-0.15, -0.1) is 21.0 Å². The van der Waals surface area contributed by atoms with Gasteiger partial charge < -0.3 is 21.9 Å². The second-order valence-electron chi connectivity index (χ2n) is 6.93. The Bertz CT molecular complexity index is 1150. The van der Waals surface area contributed by atoms with Crippen molar-refractivity contribution in [1.29, 1.82) is 5.41 Å². The molecule has 0 aromatic heterocycles. The molecule has 2 aromatic rings. The van der Waals surface area contributed by atoms with Crippen LogP contribution in [-0.4, -0.2) is 34.6 Å². The third-order valence-electron chi connectivity index (χ3n) is 4.57. The van der Waals surface area contributed by atoms with Crippen LogP contribution in [0, 0.1) is 11.2 Å². The van der Waals surface area contributed by atoms with Crippen LogP contribution in [0.5, 0.6) is 0 Å². The number of nitrogens with one attached hydrogen (secondary N) is 2. The van der Waals surface area contributed by atoms with Gasteiger partial charge in [-0.2, -0.15) is 12.6 Å². The number of rotatable bonds is 7. The molecule has 0 saturated carbocycles. The summed E-state index contributed by atoms with van der Waals surface area (Å²) >= 11 is 4.94. The average Bonchev–Trinajstić information content (AvgIpc) is 3.36. The molecule has 7 N–H and O–H groups in total. The van der Waals surface area contributed by atoms with Gasteiger partial charge in [0.25, 0.3) is 5.91 Å². The zero-order valence-electron chi connectivity index (χ0n) is 18.5. The molecule has 11 heteroatoms. The van der Waals surface area contributed by atoms with E-state index in [0.717, 1.165) is 12.2 Å². The molecule has 1 aliphatic rings. The molecule has 0 spiro atoms. The molecule has 0 radical (unpaired) electrons. The molecule has 1 amide bonds. The summed E-state index contributed by atoms with van der Waals surface area (Å²) in [6.07, 6.45) is 4.29. The number of nitrogens with two attached hydrogens (primary N) is 2. The van der Waals surface area contributed by atoms with E-state index in [1.807, 2.05) is 6.08 Å². The summed E-state index contributed by atoms with van der Waals surface area (Å²) in [6, 6.07) is 10.6. The zero-order valence-corrected chi connectivity index (χ0v) is 21.4. The molecule has 1 unspecified atom stereocenters. The number of hydrogen-bond acceptors (Lipinski definition) is 7. The van der Waals surface area contributed by atoms with Crippen molar-refractivity contribution in [1.82, 2.24) is 5.32 Å². The Hall–Kier alpha value is -2.81. The summed E-state index contributed by atoms with van der Waals surface area (Å²) in [6.45, 7) is 0.0741. The fourth-order valence-electron chi connectivity index (χ4n) is 2.91. The molecule has 1 aliphatic heterocycles. The minimum atomic E-state index is -0.706. The Morgan fingerprint density at radius 3 is 2.56 bits per heavy atom. The van der Waals surface area contributed by atoms with Crippen LogP contribution in [0.1, 0.15) is 12.0 Å². The third kappa shape index (κ3) is 7.35. The number of nitrogens with zero attached hydrogens (tertiary/aromatic N) is 1. The minimum Gasteiger partial charge on any atom is -0.505 e. The van der Waals surface area contributed by atoms with Crippen LogP contribution >= 0.6 is 33.6 Å². The van der Waals surface area contributed by atoms with Crippen molar-refractivity contribution in [2.45, 2.75) is 13.0 Å². The molecule has 3 rings (SSSR count). The SMILES string of the molecule is CS.N=C(C1=CCCS1)/C(O)=C(\C(=O)NCc1ccc(F)cc1)C(N)=Nc1ccc(N)cc1P. The average molecular weight is 520 g/mol. The fraction of sp³-hybridized carbons (Fsp3) is 0.174. The molecule has 2 aromatic carbocycles. The van der Waals surface area contributed by atoms with Crippen LogP contribution in [0.25, 0.3) is 0 Å². The van der Waals surface area contributed by atoms with Crippen molar-refractivity contribution in [3.05, 3.63) is 76.2 Å². The monoisotopic (exact) mass is 519 g/mol. The van der Waals surface area contributed by atoms with E-state index >= 15 is 0 Å². The summed E-state index contributed by atoms with van der Waals surface area (Å²) in [5.41, 5.74) is 13.0. The lowest BCUT2D eigenvalue weighted by atomic mass is 10.1. The quantitative estimate of drug-likeness (QED) is 0.0631. The first-order valence-electron chi connectivity index (χ1n) is 10.1. The highest BCUT2D eigenvalue weighted by molar-refractivity contribution is 8.04. The van der Waals surface area contributed by atoms with Gasteiger partial charge >= 0.3 is 0 Å². The highest BCUT2D eigenvalue weighted by Gasteiger charge is 2.25. The van der Waals surface area contributed by atoms with Gasteiger partial charge in [-0.1, -0.05) is 18.2 Å². The van der Waals surface area contributed by atoms with Crippen molar-refractivity contribution < 1.29 is 14.3 Å². The molecule has 0 bridgehead atoms. The fourth-order valence-corrected chi connectivity index (χ4v) is 4.20. The number of aliphatic imine (C=N–C) groups is 1. The summed E-state index contributed by atoms with van der Waals surface area (Å²) in [7, 11) is 2.48. The molecule has 0 saturated heterocycles. The lowest BCUT2D eigenvalue weighted by Gasteiger charge is -2.13. The number of thiol groups is 1. The second kappa shape index (κ2) is 13.2. The van der Waals surface area contributed by atoms with Crippen molar-refractivity contribution in [3.8, 4) is 0 Å². The third-order valence-corrected chi connectivity index (χ3v) is 6.15. The number of anilines is 1. The predicted molar refractivity (Wildman–Crippen MR) is 147 cm³/mol. The maximum absolute atomic E-state index is 13.1. The molecule has 34 heavy (non-hydrogen) atoms. The van der Waals surface area contributed by atoms with E-state index in [9.17, 15) is 14.3 Å². The Balaban J connectivity index is 0.00000199. The first-order chi connectivity index (χ1) is 16.3. The number of amidine groups is 1. The highest BCUT2D eigenvalue weighted by Crippen LogP contribution is 2.28. The van der Waals surface area contributed by atoms with Crippen molar-refractivity contribution in [2.75, 3.05) is 17.7 Å². The summed E-state index contributed by atoms with van der Waals surface area (Å²) < 4.78 is 13.1. The smallest absolute Gasteiger partial charge is 0.259 e. The molecule has 7 nitrogen and oxygen atoms in total. The Kier molecular flexibility index (Phi) is 10.6. The molecule has 1 atom stereocenters. The Morgan fingerprint density at radius 2 is 1.97 bits per heavy atom. The van der Waals surface area contributed by atoms with Gasteiger partial charge in [0, 0.05) is 22.9 Å². The molecular weight excluding hydrogens is 492 g/mol. The molecular formula is C23H27FN5O2PS2. The number of halogens is 1. The van der Waals surface area contributed by atoms with Crippen molar-refractivity contribution >= 4 is 67.8 Å². The summed E-state index contributed by atoms with van der Waals surface area (Å²) in [4.78, 5) is 17.9. The van der Waals surface area contributed by atoms with Crippen molar-refractivity contribution in [2.24, 2.45) is 10.7 Å². The van der Waals surface area contributed by atoms with E-state index in [1.165, 1.54) is 36.0 Å². The number of allylic oxidation sites excluding steroid dienone is 2. The number of hydrogen-bond donors (Lipinski definition) is 6. The zero-order chi connectivity index (χ0) is 25.3. The minimum absolute atomic E-state index is 0.0741. The number of carbonyl (C=O) groups excluding carboxylic acids is 1. The van der Waals surface area contributed by atoms with Gasteiger partial charge in [-0.05, 0) is 53.9 Å². The maximum atomic E-state index is 13.1. The number of benzene rings is 2. The van der Waals surface area contributed by atoms with Gasteiger partial charge in [0.05, 0.1) is 5.69 Å². The number of aliphatic hydroxyl groups is 1. The molecule has 1 heterocycles. The Morgan fingerprint density at radius 1 is 1.29 bits per heavy atom. The van der Waals surface area contributed by atoms with Crippen molar-refractivity contribution in [3.63, 3.8) is 0 Å². The van der Waals surface area contributed by atoms with E-state index in [0.29, 0.717) is 27.1 Å². The van der Waals surface area contributed by atoms with Crippen LogP contribution in [0.15, 0.2) is 69.8 Å². The first kappa shape index (κ1) is 27.4. The number of amides is 1. The number of thioether (sulfide) groups is 1. The van der Waals surface area contributed by atoms with E-state index in [4.69, 9.17) is 16.9 Å². The topological polar surface area (TPSA) is 138 Å². The van der Waals surface area contributed by atoms with Crippen LogP contribution in [-0.2, 0) is 11.3 Å². The van der Waals surface area contributed by atoms with Gasteiger partial charge in [-0.3, -0.25) is 10.2 Å². The lowest BCUT2D eigenvalue weighted by molar-refractivity contribution is -0.117. The standard InChI is InChI=1S/C22H23FN5O2PS.CH4S/c23-13-5-3-12(4-6-13)11-27-22(30)18(20(29)19(25)17-2-1-9-32-17)21(26)28-15-8-7-14(24)10-16(15)31;1-2/h2-8,10,25,29H,1,9,11,24,31H2,(H2,26,28)(H,27,30);2H,1H3/b20-18+,25-19?;. The number of carbonyl (C=O) groups is 1. The van der Waals surface area contributed by atoms with Gasteiger partial charge in [0.1, 0.15) is 22.9 Å². The van der Waals surface area contributed by atoms with E-state index in [-0.39, 0.29) is 29.5 Å². The summed E-state index contributed by atoms with van der Waals surface area (Å²) in [5.74, 6) is -1.11. The van der Waals surface area contributed by atoms with E-state index in [2.05, 4.69) is 32.2 Å². The second-order valence-corrected chi connectivity index (χ2v) is 8.69. The highest BCUT2D eigenvalue weighted by atomic mass is 32.2. The van der Waals surface area contributed by atoms with E-state index < -0.39 is 11.7 Å². The lowest BCUT2D eigenvalue weighted by Crippen LogP contribution is -2.34. The molecule has 180 valence electrons. The largest absolute Gasteiger partial charge is 0.505 e. The summed E-state index contributed by atoms with van der Waals surface area (Å²) in [5, 5.41) is 22.4. The van der Waals surface area contributed by atoms with Gasteiger partial charge in [0.15, 0.2) is 5.76 Å². The molecule has 0 aliphatic carbocycles. The van der Waals surface area contributed by atoms with Gasteiger partial charge in [0.2, 0.25) is 0 Å². The molecule has 0 fully saturated rings.